The highest BCUT2D eigenvalue weighted by molar-refractivity contribution is 5.82. The van der Waals surface area contributed by atoms with Crippen molar-refractivity contribution in [1.29, 1.82) is 0 Å². The molecule has 0 aliphatic carbocycles. The van der Waals surface area contributed by atoms with Gasteiger partial charge in [-0.3, -0.25) is 4.90 Å². The smallest absolute Gasteiger partial charge is 0.143 e. The average molecular weight is 280 g/mol. The average Bonchev–Trinajstić information content (AvgIpc) is 2.84. The summed E-state index contributed by atoms with van der Waals surface area (Å²) in [5.74, 6) is 1.99. The van der Waals surface area contributed by atoms with Crippen LogP contribution in [0.4, 0.5) is 0 Å². The molecule has 0 spiro atoms. The Morgan fingerprint density at radius 3 is 3.10 bits per heavy atom. The number of hydrogen-bond acceptors (Lipinski definition) is 5. The number of hydrogen-bond donors (Lipinski definition) is 2. The van der Waals surface area contributed by atoms with Crippen molar-refractivity contribution in [1.82, 2.24) is 19.7 Å². The van der Waals surface area contributed by atoms with Crippen LogP contribution in [0.5, 0.6) is 0 Å². The van der Waals surface area contributed by atoms with E-state index in [0.717, 1.165) is 44.8 Å². The number of nitrogens with two attached hydrogens (primary N) is 1. The van der Waals surface area contributed by atoms with Crippen LogP contribution in [0.15, 0.2) is 11.5 Å². The van der Waals surface area contributed by atoms with Crippen molar-refractivity contribution >= 4 is 5.84 Å². The predicted octanol–water partition coefficient (Wildman–Crippen LogP) is 0.893. The minimum absolute atomic E-state index is 0.134. The van der Waals surface area contributed by atoms with Crippen molar-refractivity contribution in [2.75, 3.05) is 13.1 Å². The van der Waals surface area contributed by atoms with Gasteiger partial charge in [0.25, 0.3) is 0 Å². The largest absolute Gasteiger partial charge is 0.409 e. The molecule has 2 heterocycles. The number of aromatic nitrogens is 3. The third-order valence-electron chi connectivity index (χ3n) is 3.64. The van der Waals surface area contributed by atoms with E-state index in [0.29, 0.717) is 11.8 Å². The first-order valence-electron chi connectivity index (χ1n) is 7.16. The fourth-order valence-corrected chi connectivity index (χ4v) is 2.63. The fraction of sp³-hybridized carbons (Fsp3) is 0.769. The van der Waals surface area contributed by atoms with Gasteiger partial charge in [-0.15, -0.1) is 0 Å². The standard InChI is InChI=1S/C13H24N6O/c1-10(2)6-19-12(15-9-16-19)8-18-5-3-4-11(7-18)13(14)17-20/h9-11,20H,3-8H2,1-2H3,(H2,14,17). The molecule has 0 aromatic carbocycles. The number of amidine groups is 1. The van der Waals surface area contributed by atoms with Crippen LogP contribution >= 0.6 is 0 Å². The molecule has 1 aromatic heterocycles. The molecule has 1 aliphatic rings. The predicted molar refractivity (Wildman–Crippen MR) is 76.3 cm³/mol. The monoisotopic (exact) mass is 280 g/mol. The van der Waals surface area contributed by atoms with Crippen LogP contribution in [-0.2, 0) is 13.1 Å². The first-order chi connectivity index (χ1) is 9.60. The molecular formula is C13H24N6O. The summed E-state index contributed by atoms with van der Waals surface area (Å²) in [4.78, 5) is 6.65. The first-order valence-corrected chi connectivity index (χ1v) is 7.16. The minimum Gasteiger partial charge on any atom is -0.409 e. The van der Waals surface area contributed by atoms with Gasteiger partial charge in [0.2, 0.25) is 0 Å². The molecule has 112 valence electrons. The fourth-order valence-electron chi connectivity index (χ4n) is 2.63. The summed E-state index contributed by atoms with van der Waals surface area (Å²) in [5.41, 5.74) is 5.72. The van der Waals surface area contributed by atoms with Gasteiger partial charge in [0, 0.05) is 19.0 Å². The number of likely N-dealkylation sites (tertiary alicyclic amines) is 1. The summed E-state index contributed by atoms with van der Waals surface area (Å²) in [6, 6.07) is 0. The van der Waals surface area contributed by atoms with E-state index in [-0.39, 0.29) is 5.92 Å². The number of nitrogens with zero attached hydrogens (tertiary/aromatic N) is 5. The normalized spacial score (nSPS) is 21.6. The molecule has 1 aliphatic heterocycles. The maximum Gasteiger partial charge on any atom is 0.143 e. The molecule has 3 N–H and O–H groups in total. The van der Waals surface area contributed by atoms with E-state index in [4.69, 9.17) is 10.9 Å². The Bertz CT molecular complexity index is 455. The Balaban J connectivity index is 1.97. The molecule has 2 rings (SSSR count). The summed E-state index contributed by atoms with van der Waals surface area (Å²) in [6.45, 7) is 7.81. The van der Waals surface area contributed by atoms with Crippen molar-refractivity contribution in [3.05, 3.63) is 12.2 Å². The third kappa shape index (κ3) is 3.69. The summed E-state index contributed by atoms with van der Waals surface area (Å²) in [5, 5.41) is 16.2. The van der Waals surface area contributed by atoms with Crippen molar-refractivity contribution < 1.29 is 5.21 Å². The van der Waals surface area contributed by atoms with E-state index in [2.05, 4.69) is 34.0 Å². The summed E-state index contributed by atoms with van der Waals surface area (Å²) in [7, 11) is 0. The van der Waals surface area contributed by atoms with E-state index >= 15 is 0 Å². The molecule has 1 atom stereocenters. The maximum atomic E-state index is 8.79. The lowest BCUT2D eigenvalue weighted by molar-refractivity contribution is 0.185. The van der Waals surface area contributed by atoms with Crippen molar-refractivity contribution in [2.24, 2.45) is 22.7 Å². The van der Waals surface area contributed by atoms with Crippen molar-refractivity contribution in [3.63, 3.8) is 0 Å². The van der Waals surface area contributed by atoms with Crippen molar-refractivity contribution in [3.8, 4) is 0 Å². The summed E-state index contributed by atoms with van der Waals surface area (Å²) in [6.07, 6.45) is 3.65. The highest BCUT2D eigenvalue weighted by atomic mass is 16.4. The van der Waals surface area contributed by atoms with Crippen LogP contribution in [0.25, 0.3) is 0 Å². The van der Waals surface area contributed by atoms with Crippen LogP contribution in [0.2, 0.25) is 0 Å². The van der Waals surface area contributed by atoms with E-state index in [1.165, 1.54) is 0 Å². The lowest BCUT2D eigenvalue weighted by Gasteiger charge is -2.31. The molecule has 1 aromatic rings. The molecule has 7 heteroatoms. The zero-order chi connectivity index (χ0) is 14.5. The van der Waals surface area contributed by atoms with Gasteiger partial charge >= 0.3 is 0 Å². The SMILES string of the molecule is CC(C)Cn1ncnc1CN1CCCC(C(N)=NO)C1. The van der Waals surface area contributed by atoms with E-state index in [9.17, 15) is 0 Å². The van der Waals surface area contributed by atoms with Crippen LogP contribution in [0, 0.1) is 11.8 Å². The lowest BCUT2D eigenvalue weighted by atomic mass is 9.97. The van der Waals surface area contributed by atoms with Crippen LogP contribution < -0.4 is 5.73 Å². The van der Waals surface area contributed by atoms with Gasteiger partial charge in [-0.2, -0.15) is 5.10 Å². The molecule has 0 amide bonds. The van der Waals surface area contributed by atoms with Gasteiger partial charge in [-0.25, -0.2) is 9.67 Å². The zero-order valence-electron chi connectivity index (χ0n) is 12.2. The van der Waals surface area contributed by atoms with Gasteiger partial charge in [-0.1, -0.05) is 19.0 Å². The summed E-state index contributed by atoms with van der Waals surface area (Å²) < 4.78 is 1.97. The second-order valence-electron chi connectivity index (χ2n) is 5.85. The molecular weight excluding hydrogens is 256 g/mol. The molecule has 1 saturated heterocycles. The van der Waals surface area contributed by atoms with E-state index in [1.54, 1.807) is 6.33 Å². The topological polar surface area (TPSA) is 92.6 Å². The highest BCUT2D eigenvalue weighted by Gasteiger charge is 2.24. The number of piperidine rings is 1. The Morgan fingerprint density at radius 1 is 1.60 bits per heavy atom. The lowest BCUT2D eigenvalue weighted by Crippen LogP contribution is -2.41. The van der Waals surface area contributed by atoms with Crippen LogP contribution in [0.1, 0.15) is 32.5 Å². The Kier molecular flexibility index (Phi) is 4.94. The molecule has 1 fully saturated rings. The first kappa shape index (κ1) is 14.8. The Hall–Kier alpha value is -1.63. The van der Waals surface area contributed by atoms with Crippen LogP contribution in [-0.4, -0.2) is 43.8 Å². The van der Waals surface area contributed by atoms with Gasteiger partial charge in [0.05, 0.1) is 6.54 Å². The minimum atomic E-state index is 0.134. The molecule has 7 nitrogen and oxygen atoms in total. The van der Waals surface area contributed by atoms with Gasteiger partial charge < -0.3 is 10.9 Å². The van der Waals surface area contributed by atoms with E-state index in [1.807, 2.05) is 4.68 Å². The molecule has 1 unspecified atom stereocenters. The summed E-state index contributed by atoms with van der Waals surface area (Å²) >= 11 is 0. The number of oxime groups is 1. The molecule has 0 saturated carbocycles. The van der Waals surface area contributed by atoms with Gasteiger partial charge in [0.1, 0.15) is 18.0 Å². The molecule has 20 heavy (non-hydrogen) atoms. The Morgan fingerprint density at radius 2 is 2.40 bits per heavy atom. The highest BCUT2D eigenvalue weighted by Crippen LogP contribution is 2.18. The van der Waals surface area contributed by atoms with Gasteiger partial charge in [0.15, 0.2) is 0 Å². The second kappa shape index (κ2) is 6.69. The molecule has 0 bridgehead atoms. The van der Waals surface area contributed by atoms with E-state index < -0.39 is 0 Å². The quantitative estimate of drug-likeness (QED) is 0.362. The van der Waals surface area contributed by atoms with Crippen LogP contribution in [0.3, 0.4) is 0 Å². The maximum absolute atomic E-state index is 8.79. The molecule has 0 radical (unpaired) electrons. The third-order valence-corrected chi connectivity index (χ3v) is 3.64. The number of rotatable bonds is 5. The van der Waals surface area contributed by atoms with Crippen molar-refractivity contribution in [2.45, 2.75) is 39.8 Å². The zero-order valence-corrected chi connectivity index (χ0v) is 12.2. The Labute approximate surface area is 119 Å². The van der Waals surface area contributed by atoms with Gasteiger partial charge in [-0.05, 0) is 25.3 Å². The second-order valence-corrected chi connectivity index (χ2v) is 5.85.